The van der Waals surface area contributed by atoms with E-state index >= 15 is 0 Å². The molecule has 28 heavy (non-hydrogen) atoms. The van der Waals surface area contributed by atoms with Gasteiger partial charge in [-0.3, -0.25) is 19.6 Å². The van der Waals surface area contributed by atoms with E-state index in [1.165, 1.54) is 5.01 Å². The van der Waals surface area contributed by atoms with Gasteiger partial charge in [0.1, 0.15) is 17.7 Å². The highest BCUT2D eigenvalue weighted by Gasteiger charge is 2.33. The molecule has 1 aliphatic heterocycles. The largest absolute Gasteiger partial charge is 0.480 e. The standard InChI is InChI=1S/C18H25BrN4O5/c1-18(2,3)28-17(27)21-14(8-11-7-12(19)10-20-9-11)15(24)23-6-4-5-13(22-23)16(25)26/h7,9-10,13-14,22H,4-6,8H2,1-3H3,(H,21,27)(H,25,26)/t13-,14?/m0/s1. The number of pyridine rings is 1. The van der Waals surface area contributed by atoms with Crippen LogP contribution in [0.25, 0.3) is 0 Å². The van der Waals surface area contributed by atoms with E-state index in [4.69, 9.17) is 4.74 Å². The van der Waals surface area contributed by atoms with Gasteiger partial charge < -0.3 is 15.2 Å². The van der Waals surface area contributed by atoms with Crippen LogP contribution >= 0.6 is 15.9 Å². The summed E-state index contributed by atoms with van der Waals surface area (Å²) in [6.45, 7) is 5.54. The molecule has 3 N–H and O–H groups in total. The average Bonchev–Trinajstić information content (AvgIpc) is 2.59. The van der Waals surface area contributed by atoms with Gasteiger partial charge in [0.2, 0.25) is 0 Å². The number of hydrazine groups is 1. The summed E-state index contributed by atoms with van der Waals surface area (Å²) < 4.78 is 6.01. The molecule has 1 fully saturated rings. The van der Waals surface area contributed by atoms with E-state index in [0.717, 1.165) is 10.0 Å². The molecule has 0 saturated carbocycles. The normalized spacial score (nSPS) is 18.3. The van der Waals surface area contributed by atoms with Gasteiger partial charge in [0, 0.05) is 29.8 Å². The van der Waals surface area contributed by atoms with Crippen LogP contribution in [0.15, 0.2) is 22.9 Å². The van der Waals surface area contributed by atoms with Crippen LogP contribution in [0.5, 0.6) is 0 Å². The molecule has 1 aliphatic rings. The second-order valence-corrected chi connectivity index (χ2v) is 8.48. The first-order valence-corrected chi connectivity index (χ1v) is 9.74. The molecule has 0 bridgehead atoms. The number of hydrogen-bond donors (Lipinski definition) is 3. The van der Waals surface area contributed by atoms with Crippen LogP contribution in [0.2, 0.25) is 0 Å². The van der Waals surface area contributed by atoms with Gasteiger partial charge in [0.25, 0.3) is 5.91 Å². The average molecular weight is 457 g/mol. The molecule has 2 heterocycles. The van der Waals surface area contributed by atoms with Gasteiger partial charge >= 0.3 is 12.1 Å². The second kappa shape index (κ2) is 9.33. The molecule has 2 amide bonds. The molecular weight excluding hydrogens is 432 g/mol. The third-order valence-electron chi connectivity index (χ3n) is 3.94. The van der Waals surface area contributed by atoms with Crippen molar-refractivity contribution >= 4 is 33.9 Å². The van der Waals surface area contributed by atoms with Gasteiger partial charge in [-0.25, -0.2) is 10.2 Å². The number of aromatic nitrogens is 1. The van der Waals surface area contributed by atoms with Crippen molar-refractivity contribution in [2.24, 2.45) is 0 Å². The van der Waals surface area contributed by atoms with Crippen LogP contribution < -0.4 is 10.7 Å². The van der Waals surface area contributed by atoms with Crippen molar-refractivity contribution in [1.29, 1.82) is 0 Å². The number of carboxylic acid groups (broad SMARTS) is 1. The van der Waals surface area contributed by atoms with Crippen molar-refractivity contribution in [2.75, 3.05) is 6.54 Å². The van der Waals surface area contributed by atoms with Crippen LogP contribution in [-0.4, -0.2) is 57.3 Å². The Morgan fingerprint density at radius 2 is 2.14 bits per heavy atom. The number of carboxylic acids is 1. The Hall–Kier alpha value is -2.20. The fourth-order valence-electron chi connectivity index (χ4n) is 2.76. The van der Waals surface area contributed by atoms with Crippen molar-refractivity contribution in [3.05, 3.63) is 28.5 Å². The molecule has 0 spiro atoms. The molecule has 1 unspecified atom stereocenters. The summed E-state index contributed by atoms with van der Waals surface area (Å²) in [5, 5.41) is 13.1. The molecule has 10 heteroatoms. The zero-order chi connectivity index (χ0) is 20.9. The molecule has 0 radical (unpaired) electrons. The summed E-state index contributed by atoms with van der Waals surface area (Å²) in [6.07, 6.45) is 3.66. The molecule has 2 rings (SSSR count). The van der Waals surface area contributed by atoms with E-state index in [1.807, 2.05) is 0 Å². The zero-order valence-corrected chi connectivity index (χ0v) is 17.7. The Bertz CT molecular complexity index is 737. The summed E-state index contributed by atoms with van der Waals surface area (Å²) in [7, 11) is 0. The highest BCUT2D eigenvalue weighted by atomic mass is 79.9. The van der Waals surface area contributed by atoms with Crippen molar-refractivity contribution in [3.8, 4) is 0 Å². The Labute approximate surface area is 171 Å². The maximum atomic E-state index is 13.0. The molecule has 9 nitrogen and oxygen atoms in total. The summed E-state index contributed by atoms with van der Waals surface area (Å²) in [5.41, 5.74) is 2.74. The number of amides is 2. The number of alkyl carbamates (subject to hydrolysis) is 1. The predicted octanol–water partition coefficient (Wildman–Crippen LogP) is 1.86. The molecule has 1 aromatic rings. The van der Waals surface area contributed by atoms with Crippen LogP contribution in [0, 0.1) is 0 Å². The predicted molar refractivity (Wildman–Crippen MR) is 104 cm³/mol. The zero-order valence-electron chi connectivity index (χ0n) is 16.1. The number of nitrogens with zero attached hydrogens (tertiary/aromatic N) is 2. The Morgan fingerprint density at radius 1 is 1.43 bits per heavy atom. The first kappa shape index (κ1) is 22.1. The topological polar surface area (TPSA) is 121 Å². The summed E-state index contributed by atoms with van der Waals surface area (Å²) in [4.78, 5) is 40.6. The third-order valence-corrected chi connectivity index (χ3v) is 4.37. The second-order valence-electron chi connectivity index (χ2n) is 7.57. The van der Waals surface area contributed by atoms with E-state index in [1.54, 1.807) is 39.2 Å². The number of carbonyl (C=O) groups excluding carboxylic acids is 2. The fraction of sp³-hybridized carbons (Fsp3) is 0.556. The molecule has 0 aliphatic carbocycles. The van der Waals surface area contributed by atoms with Crippen LogP contribution in [0.4, 0.5) is 4.79 Å². The molecular formula is C18H25BrN4O5. The number of aliphatic carboxylic acids is 1. The minimum Gasteiger partial charge on any atom is -0.480 e. The number of hydrogen-bond acceptors (Lipinski definition) is 6. The van der Waals surface area contributed by atoms with Crippen molar-refractivity contribution in [3.63, 3.8) is 0 Å². The lowest BCUT2D eigenvalue weighted by Gasteiger charge is -2.34. The van der Waals surface area contributed by atoms with Crippen LogP contribution in [0.1, 0.15) is 39.2 Å². The van der Waals surface area contributed by atoms with E-state index in [2.05, 4.69) is 31.7 Å². The van der Waals surface area contributed by atoms with Gasteiger partial charge in [0.05, 0.1) is 0 Å². The van der Waals surface area contributed by atoms with E-state index in [-0.39, 0.29) is 6.42 Å². The number of halogens is 1. The quantitative estimate of drug-likeness (QED) is 0.617. The minimum absolute atomic E-state index is 0.181. The van der Waals surface area contributed by atoms with Crippen LogP contribution in [-0.2, 0) is 20.7 Å². The minimum atomic E-state index is -1.02. The monoisotopic (exact) mass is 456 g/mol. The first-order chi connectivity index (χ1) is 13.0. The van der Waals surface area contributed by atoms with Gasteiger partial charge in [0.15, 0.2) is 0 Å². The summed E-state index contributed by atoms with van der Waals surface area (Å²) in [5.74, 6) is -1.46. The number of ether oxygens (including phenoxy) is 1. The maximum absolute atomic E-state index is 13.0. The third kappa shape index (κ3) is 6.75. The SMILES string of the molecule is CC(C)(C)OC(=O)NC(Cc1cncc(Br)c1)C(=O)N1CCC[C@@H](C(=O)O)N1. The summed E-state index contributed by atoms with van der Waals surface area (Å²) in [6, 6.07) is 0.0201. The number of rotatable bonds is 5. The Kier molecular flexibility index (Phi) is 7.36. The number of carbonyl (C=O) groups is 3. The fourth-order valence-corrected chi connectivity index (χ4v) is 3.18. The van der Waals surface area contributed by atoms with Crippen molar-refractivity contribution < 1.29 is 24.2 Å². The molecule has 1 aromatic heterocycles. The lowest BCUT2D eigenvalue weighted by molar-refractivity contribution is -0.147. The highest BCUT2D eigenvalue weighted by molar-refractivity contribution is 9.10. The summed E-state index contributed by atoms with van der Waals surface area (Å²) >= 11 is 3.33. The van der Waals surface area contributed by atoms with Gasteiger partial charge in [-0.1, -0.05) is 0 Å². The Morgan fingerprint density at radius 3 is 2.75 bits per heavy atom. The van der Waals surface area contributed by atoms with E-state index in [0.29, 0.717) is 19.4 Å². The smallest absolute Gasteiger partial charge is 0.408 e. The lowest BCUT2D eigenvalue weighted by atomic mass is 10.1. The molecule has 0 aromatic carbocycles. The first-order valence-electron chi connectivity index (χ1n) is 8.94. The maximum Gasteiger partial charge on any atom is 0.408 e. The van der Waals surface area contributed by atoms with E-state index in [9.17, 15) is 19.5 Å². The van der Waals surface area contributed by atoms with Crippen LogP contribution in [0.3, 0.4) is 0 Å². The molecule has 1 saturated heterocycles. The van der Waals surface area contributed by atoms with Crippen molar-refractivity contribution in [1.82, 2.24) is 20.7 Å². The number of nitrogens with one attached hydrogen (secondary N) is 2. The molecule has 154 valence electrons. The van der Waals surface area contributed by atoms with Gasteiger partial charge in [-0.2, -0.15) is 0 Å². The van der Waals surface area contributed by atoms with Gasteiger partial charge in [-0.05, 0) is 61.2 Å². The van der Waals surface area contributed by atoms with E-state index < -0.39 is 35.7 Å². The highest BCUT2D eigenvalue weighted by Crippen LogP contribution is 2.15. The van der Waals surface area contributed by atoms with Gasteiger partial charge in [-0.15, -0.1) is 0 Å². The lowest BCUT2D eigenvalue weighted by Crippen LogP contribution is -2.60. The molecule has 2 atom stereocenters. The Balaban J connectivity index is 2.17. The van der Waals surface area contributed by atoms with Crippen molar-refractivity contribution in [2.45, 2.75) is 57.7 Å².